The predicted molar refractivity (Wildman–Crippen MR) is 355 cm³/mol. The van der Waals surface area contributed by atoms with Gasteiger partial charge in [-0.25, -0.2) is 4.57 Å². The Hall–Kier alpha value is -0.760. The molecule has 0 radical (unpaired) electrons. The van der Waals surface area contributed by atoms with Crippen molar-refractivity contribution in [2.45, 2.75) is 405 Å². The lowest BCUT2D eigenvalue weighted by Crippen LogP contribution is -2.45. The van der Waals surface area contributed by atoms with Crippen molar-refractivity contribution in [2.24, 2.45) is 0 Å². The van der Waals surface area contributed by atoms with Crippen LogP contribution in [0.5, 0.6) is 0 Å². The fourth-order valence-electron chi connectivity index (χ4n) is 11.6. The van der Waals surface area contributed by atoms with E-state index in [1.807, 2.05) is 27.2 Å². The summed E-state index contributed by atoms with van der Waals surface area (Å²) in [7, 11) is 1.60. The molecule has 0 saturated carbocycles. The van der Waals surface area contributed by atoms with Crippen LogP contribution in [-0.4, -0.2) is 73.4 Å². The third-order valence-corrected chi connectivity index (χ3v) is 18.2. The van der Waals surface area contributed by atoms with Gasteiger partial charge in [0.2, 0.25) is 5.91 Å². The number of phosphoric acid groups is 1. The number of amides is 1. The maximum atomic E-state index is 13.1. The van der Waals surface area contributed by atoms with Gasteiger partial charge in [0.25, 0.3) is 0 Å². The molecule has 0 aromatic rings. The zero-order valence-corrected chi connectivity index (χ0v) is 56.5. The minimum Gasteiger partial charge on any atom is -0.387 e. The minimum atomic E-state index is -4.35. The lowest BCUT2D eigenvalue weighted by Gasteiger charge is -2.25. The molecule has 1 amide bonds. The Morgan fingerprint density at radius 3 is 0.914 bits per heavy atom. The number of nitrogens with one attached hydrogen (secondary N) is 1. The number of hydrogen-bond donors (Lipinski definition) is 3. The first kappa shape index (κ1) is 80.2. The third-order valence-electron chi connectivity index (χ3n) is 17.3. The van der Waals surface area contributed by atoms with E-state index < -0.39 is 20.0 Å². The Morgan fingerprint density at radius 2 is 0.654 bits per heavy atom. The zero-order chi connectivity index (χ0) is 59.1. The number of hydrogen-bond acceptors (Lipinski definition) is 5. The minimum absolute atomic E-state index is 0.0655. The molecule has 484 valence electrons. The molecule has 3 atom stereocenters. The summed E-state index contributed by atoms with van der Waals surface area (Å²) in [5.74, 6) is -0.166. The molecule has 0 saturated heterocycles. The van der Waals surface area contributed by atoms with Crippen LogP contribution in [0.4, 0.5) is 0 Å². The highest BCUT2D eigenvalue weighted by Crippen LogP contribution is 2.43. The average molecular weight is 1170 g/mol. The molecule has 0 aromatic carbocycles. The molecule has 0 aliphatic rings. The summed E-state index contributed by atoms with van der Waals surface area (Å²) in [6.07, 6.45) is 82.4. The fraction of sp³-hybridized carbons (Fsp3) is 0.958. The van der Waals surface area contributed by atoms with Crippen molar-refractivity contribution >= 4 is 13.7 Å². The molecule has 0 aliphatic heterocycles. The molecule has 3 N–H and O–H groups in total. The van der Waals surface area contributed by atoms with Crippen molar-refractivity contribution in [1.82, 2.24) is 5.32 Å². The molecule has 8 nitrogen and oxygen atoms in total. The van der Waals surface area contributed by atoms with Gasteiger partial charge in [-0.2, -0.15) is 0 Å². The standard InChI is InChI=1S/C72H145N2O6P/c1-6-8-10-12-14-16-18-20-22-24-26-28-30-32-33-34-35-36-37-38-39-40-42-44-46-48-50-52-54-56-58-60-62-64-66-72(76)73-70(69-80-81(77,78)79-68-67-74(3,4)5)71(75)65-63-61-59-57-55-53-51-49-47-45-43-41-31-29-27-25-23-21-19-17-15-13-11-9-7-2/h63,65,70-71,75H,6-62,64,66-69H2,1-5H3,(H-,73,76,77,78)/p+1/b65-63+. The van der Waals surface area contributed by atoms with E-state index in [-0.39, 0.29) is 19.1 Å². The second kappa shape index (κ2) is 63.7. The Bertz CT molecular complexity index is 1320. The number of likely N-dealkylation sites (N-methyl/N-ethyl adjacent to an activating group) is 1. The monoisotopic (exact) mass is 1170 g/mol. The van der Waals surface area contributed by atoms with Crippen LogP contribution in [0.3, 0.4) is 0 Å². The maximum absolute atomic E-state index is 13.1. The van der Waals surface area contributed by atoms with Crippen molar-refractivity contribution in [2.75, 3.05) is 40.9 Å². The first-order valence-corrected chi connectivity index (χ1v) is 38.1. The fourth-order valence-corrected chi connectivity index (χ4v) is 12.3. The van der Waals surface area contributed by atoms with Crippen molar-refractivity contribution < 1.29 is 32.9 Å². The first-order valence-electron chi connectivity index (χ1n) is 36.6. The molecule has 3 unspecified atom stereocenters. The van der Waals surface area contributed by atoms with E-state index in [1.165, 1.54) is 340 Å². The number of carbonyl (C=O) groups is 1. The molecule has 0 rings (SSSR count). The molecule has 0 spiro atoms. The Balaban J connectivity index is 3.97. The number of phosphoric ester groups is 1. The van der Waals surface area contributed by atoms with Crippen molar-refractivity contribution in [3.8, 4) is 0 Å². The largest absolute Gasteiger partial charge is 0.472 e. The summed E-state index contributed by atoms with van der Waals surface area (Å²) in [5, 5.41) is 14.0. The van der Waals surface area contributed by atoms with Crippen LogP contribution in [0.1, 0.15) is 393 Å². The van der Waals surface area contributed by atoms with Crippen LogP contribution in [0.2, 0.25) is 0 Å². The van der Waals surface area contributed by atoms with Gasteiger partial charge in [0.15, 0.2) is 0 Å². The van der Waals surface area contributed by atoms with Gasteiger partial charge in [-0.15, -0.1) is 0 Å². The summed E-state index contributed by atoms with van der Waals surface area (Å²) in [5.41, 5.74) is 0. The number of unbranched alkanes of at least 4 members (excludes halogenated alkanes) is 56. The number of nitrogens with zero attached hydrogens (tertiary/aromatic N) is 1. The molecule has 81 heavy (non-hydrogen) atoms. The molecule has 9 heteroatoms. The van der Waals surface area contributed by atoms with Gasteiger partial charge in [0.1, 0.15) is 13.2 Å². The van der Waals surface area contributed by atoms with Gasteiger partial charge in [-0.3, -0.25) is 13.8 Å². The Kier molecular flexibility index (Phi) is 63.1. The van der Waals surface area contributed by atoms with E-state index in [4.69, 9.17) is 9.05 Å². The normalized spacial score (nSPS) is 13.6. The number of allylic oxidation sites excluding steroid dienone is 1. The molecule has 0 heterocycles. The molecular weight excluding hydrogens is 1020 g/mol. The number of carbonyl (C=O) groups excluding carboxylic acids is 1. The summed E-state index contributed by atoms with van der Waals surface area (Å²) in [6.45, 7) is 4.89. The number of rotatable bonds is 69. The molecule has 0 bridgehead atoms. The van der Waals surface area contributed by atoms with Crippen molar-refractivity contribution in [3.05, 3.63) is 12.2 Å². The summed E-state index contributed by atoms with van der Waals surface area (Å²) < 4.78 is 23.8. The number of aliphatic hydroxyl groups is 1. The second-order valence-corrected chi connectivity index (χ2v) is 28.1. The maximum Gasteiger partial charge on any atom is 0.472 e. The summed E-state index contributed by atoms with van der Waals surface area (Å²) >= 11 is 0. The lowest BCUT2D eigenvalue weighted by atomic mass is 10.0. The summed E-state index contributed by atoms with van der Waals surface area (Å²) in [6, 6.07) is -0.844. The molecule has 0 aromatic heterocycles. The highest BCUT2D eigenvalue weighted by molar-refractivity contribution is 7.47. The molecule has 0 aliphatic carbocycles. The Labute approximate surface area is 507 Å². The van der Waals surface area contributed by atoms with Crippen LogP contribution < -0.4 is 5.32 Å². The zero-order valence-electron chi connectivity index (χ0n) is 55.6. The van der Waals surface area contributed by atoms with Crippen molar-refractivity contribution in [1.29, 1.82) is 0 Å². The first-order chi connectivity index (χ1) is 39.5. The van der Waals surface area contributed by atoms with Gasteiger partial charge < -0.3 is 19.8 Å². The van der Waals surface area contributed by atoms with Crippen LogP contribution in [0.15, 0.2) is 12.2 Å². The van der Waals surface area contributed by atoms with E-state index in [2.05, 4.69) is 19.2 Å². The van der Waals surface area contributed by atoms with Gasteiger partial charge >= 0.3 is 7.82 Å². The van der Waals surface area contributed by atoms with Crippen LogP contribution in [0, 0.1) is 0 Å². The smallest absolute Gasteiger partial charge is 0.387 e. The van der Waals surface area contributed by atoms with Gasteiger partial charge in [0, 0.05) is 6.42 Å². The van der Waals surface area contributed by atoms with Crippen LogP contribution in [-0.2, 0) is 18.4 Å². The number of aliphatic hydroxyl groups excluding tert-OH is 1. The average Bonchev–Trinajstić information content (AvgIpc) is 3.43. The van der Waals surface area contributed by atoms with E-state index in [0.717, 1.165) is 32.1 Å². The van der Waals surface area contributed by atoms with Gasteiger partial charge in [-0.05, 0) is 19.3 Å². The van der Waals surface area contributed by atoms with E-state index in [0.29, 0.717) is 17.4 Å². The Morgan fingerprint density at radius 1 is 0.407 bits per heavy atom. The van der Waals surface area contributed by atoms with Gasteiger partial charge in [0.05, 0.1) is 39.9 Å². The highest BCUT2D eigenvalue weighted by Gasteiger charge is 2.28. The SMILES string of the molecule is CCCCCCCCCCCCCCCCCCCCCCCCC/C=C/C(O)C(COP(=O)(O)OCC[N+](C)(C)C)NC(=O)CCCCCCCCCCCCCCCCCCCCCCCCCCCCCCCCCCCC. The molecular formula is C72H146N2O6P+. The second-order valence-electron chi connectivity index (χ2n) is 26.7. The topological polar surface area (TPSA) is 105 Å². The highest BCUT2D eigenvalue weighted by atomic mass is 31.2. The van der Waals surface area contributed by atoms with Crippen LogP contribution >= 0.6 is 7.82 Å². The van der Waals surface area contributed by atoms with Crippen LogP contribution in [0.25, 0.3) is 0 Å². The predicted octanol–water partition coefficient (Wildman–Crippen LogP) is 23.3. The van der Waals surface area contributed by atoms with E-state index >= 15 is 0 Å². The molecule has 0 fully saturated rings. The third kappa shape index (κ3) is 66.6. The van der Waals surface area contributed by atoms with Gasteiger partial charge in [-0.1, -0.05) is 379 Å². The van der Waals surface area contributed by atoms with E-state index in [9.17, 15) is 19.4 Å². The quantitative estimate of drug-likeness (QED) is 0.0243. The van der Waals surface area contributed by atoms with E-state index in [1.54, 1.807) is 6.08 Å². The summed E-state index contributed by atoms with van der Waals surface area (Å²) in [4.78, 5) is 23.4. The number of quaternary nitrogens is 1. The lowest BCUT2D eigenvalue weighted by molar-refractivity contribution is -0.870. The van der Waals surface area contributed by atoms with Crippen molar-refractivity contribution in [3.63, 3.8) is 0 Å².